The number of unbranched alkanes of at least 4 members (excludes halogenated alkanes) is 22. The summed E-state index contributed by atoms with van der Waals surface area (Å²) in [6.07, 6.45) is 33.4. The van der Waals surface area contributed by atoms with Crippen LogP contribution in [0.4, 0.5) is 0 Å². The van der Waals surface area contributed by atoms with Crippen LogP contribution in [0.25, 0.3) is 0 Å². The summed E-state index contributed by atoms with van der Waals surface area (Å²) in [6.45, 7) is 3.32. The molecule has 1 saturated heterocycles. The smallest absolute Gasteiger partial charge is 0.249 e. The molecule has 0 aromatic carbocycles. The molecule has 0 spiro atoms. The Hall–Kier alpha value is -1.67. The summed E-state index contributed by atoms with van der Waals surface area (Å²) in [7, 11) is 0. The second kappa shape index (κ2) is 39.0. The van der Waals surface area contributed by atoms with Crippen LogP contribution in [-0.2, 0) is 14.3 Å². The first-order valence-electron chi connectivity index (χ1n) is 24.4. The molecule has 1 fully saturated rings. The van der Waals surface area contributed by atoms with Gasteiger partial charge in [0.15, 0.2) is 6.29 Å². The van der Waals surface area contributed by atoms with E-state index < -0.39 is 74.2 Å². The van der Waals surface area contributed by atoms with Crippen molar-refractivity contribution in [3.8, 4) is 0 Å². The van der Waals surface area contributed by atoms with E-state index in [1.807, 2.05) is 0 Å². The van der Waals surface area contributed by atoms with Crippen molar-refractivity contribution in [3.63, 3.8) is 0 Å². The Kier molecular flexibility index (Phi) is 36.6. The highest BCUT2D eigenvalue weighted by Gasteiger charge is 2.44. The molecule has 1 rings (SSSR count). The van der Waals surface area contributed by atoms with Crippen LogP contribution in [-0.4, -0.2) is 110 Å². The largest absolute Gasteiger partial charge is 0.394 e. The Morgan fingerprint density at radius 3 is 1.62 bits per heavy atom. The molecule has 352 valence electrons. The van der Waals surface area contributed by atoms with Crippen LogP contribution < -0.4 is 5.32 Å². The average Bonchev–Trinajstić information content (AvgIpc) is 3.25. The van der Waals surface area contributed by atoms with Gasteiger partial charge >= 0.3 is 0 Å². The minimum atomic E-state index is -1.67. The summed E-state index contributed by atoms with van der Waals surface area (Å²) in [5.74, 6) is -0.708. The number of amides is 1. The first-order chi connectivity index (χ1) is 29.2. The fourth-order valence-corrected chi connectivity index (χ4v) is 7.65. The van der Waals surface area contributed by atoms with Crippen molar-refractivity contribution in [2.24, 2.45) is 0 Å². The van der Waals surface area contributed by atoms with E-state index in [-0.39, 0.29) is 12.8 Å². The van der Waals surface area contributed by atoms with Crippen LogP contribution in [0.5, 0.6) is 0 Å². The fourth-order valence-electron chi connectivity index (χ4n) is 7.65. The highest BCUT2D eigenvalue weighted by Crippen LogP contribution is 2.23. The zero-order valence-corrected chi connectivity index (χ0v) is 37.9. The van der Waals surface area contributed by atoms with Crippen LogP contribution in [0, 0.1) is 0 Å². The molecule has 11 nitrogen and oxygen atoms in total. The molecule has 0 aromatic rings. The Morgan fingerprint density at radius 1 is 0.600 bits per heavy atom. The second-order valence-corrected chi connectivity index (χ2v) is 17.1. The lowest BCUT2D eigenvalue weighted by Crippen LogP contribution is -2.60. The number of aliphatic hydroxyl groups is 7. The molecule has 8 N–H and O–H groups in total. The van der Waals surface area contributed by atoms with Crippen molar-refractivity contribution < 1.29 is 50.0 Å². The number of nitrogens with one attached hydrogen (secondary N) is 1. The highest BCUT2D eigenvalue weighted by molar-refractivity contribution is 5.80. The van der Waals surface area contributed by atoms with E-state index in [0.717, 1.165) is 51.4 Å². The summed E-state index contributed by atoms with van der Waals surface area (Å²) in [6, 6.07) is -1.18. The van der Waals surface area contributed by atoms with E-state index in [1.54, 1.807) is 0 Å². The van der Waals surface area contributed by atoms with Gasteiger partial charge in [-0.05, 0) is 64.2 Å². The first kappa shape index (κ1) is 56.3. The summed E-state index contributed by atoms with van der Waals surface area (Å²) in [4.78, 5) is 13.1. The molecule has 1 aliphatic heterocycles. The fraction of sp³-hybridized carbons (Fsp3) is 0.857. The van der Waals surface area contributed by atoms with Gasteiger partial charge in [0.05, 0.1) is 25.4 Å². The van der Waals surface area contributed by atoms with Crippen molar-refractivity contribution in [1.82, 2.24) is 5.32 Å². The number of allylic oxidation sites excluding steroid dienone is 6. The minimum Gasteiger partial charge on any atom is -0.394 e. The van der Waals surface area contributed by atoms with Crippen molar-refractivity contribution >= 4 is 5.91 Å². The molecule has 9 atom stereocenters. The van der Waals surface area contributed by atoms with Gasteiger partial charge in [0.25, 0.3) is 0 Å². The summed E-state index contributed by atoms with van der Waals surface area (Å²) < 4.78 is 11.1. The number of ether oxygens (including phenoxy) is 2. The Morgan fingerprint density at radius 2 is 1.08 bits per heavy atom. The number of hydrogen-bond donors (Lipinski definition) is 8. The molecular weight excluding hydrogens is 763 g/mol. The quantitative estimate of drug-likeness (QED) is 0.0220. The van der Waals surface area contributed by atoms with Gasteiger partial charge in [-0.15, -0.1) is 0 Å². The molecule has 0 aromatic heterocycles. The molecule has 1 amide bonds. The van der Waals surface area contributed by atoms with E-state index in [1.165, 1.54) is 109 Å². The molecule has 0 aliphatic carbocycles. The maximum atomic E-state index is 13.1. The van der Waals surface area contributed by atoms with Crippen LogP contribution >= 0.6 is 0 Å². The molecule has 0 radical (unpaired) electrons. The van der Waals surface area contributed by atoms with Crippen LogP contribution in [0.15, 0.2) is 36.5 Å². The molecular formula is C49H91NO10. The Bertz CT molecular complexity index is 1070. The van der Waals surface area contributed by atoms with E-state index >= 15 is 0 Å². The maximum Gasteiger partial charge on any atom is 0.249 e. The molecule has 1 aliphatic rings. The number of aliphatic hydroxyl groups excluding tert-OH is 7. The number of rotatable bonds is 40. The van der Waals surface area contributed by atoms with Gasteiger partial charge in [0.2, 0.25) is 5.91 Å². The summed E-state index contributed by atoms with van der Waals surface area (Å²) in [5.41, 5.74) is 0. The lowest BCUT2D eigenvalue weighted by Gasteiger charge is -2.40. The zero-order chi connectivity index (χ0) is 44.1. The maximum absolute atomic E-state index is 13.1. The third-order valence-electron chi connectivity index (χ3n) is 11.7. The van der Waals surface area contributed by atoms with Crippen molar-refractivity contribution in [2.75, 3.05) is 13.2 Å². The number of carbonyl (C=O) groups excluding carboxylic acids is 1. The lowest BCUT2D eigenvalue weighted by molar-refractivity contribution is -0.303. The average molecular weight is 854 g/mol. The third kappa shape index (κ3) is 28.1. The van der Waals surface area contributed by atoms with Gasteiger partial charge in [-0.2, -0.15) is 0 Å². The van der Waals surface area contributed by atoms with Gasteiger partial charge in [-0.3, -0.25) is 4.79 Å². The van der Waals surface area contributed by atoms with E-state index in [4.69, 9.17) is 9.47 Å². The zero-order valence-electron chi connectivity index (χ0n) is 37.9. The van der Waals surface area contributed by atoms with Gasteiger partial charge in [-0.25, -0.2) is 0 Å². The minimum absolute atomic E-state index is 0.253. The molecule has 0 saturated carbocycles. The Labute approximate surface area is 365 Å². The monoisotopic (exact) mass is 854 g/mol. The van der Waals surface area contributed by atoms with Crippen molar-refractivity contribution in [2.45, 2.75) is 255 Å². The Balaban J connectivity index is 2.41. The predicted octanol–water partition coefficient (Wildman–Crippen LogP) is 8.39. The second-order valence-electron chi connectivity index (χ2n) is 17.1. The van der Waals surface area contributed by atoms with E-state index in [2.05, 4.69) is 55.6 Å². The van der Waals surface area contributed by atoms with Gasteiger partial charge in [0, 0.05) is 0 Å². The van der Waals surface area contributed by atoms with Crippen molar-refractivity contribution in [1.29, 1.82) is 0 Å². The van der Waals surface area contributed by atoms with Gasteiger partial charge < -0.3 is 50.5 Å². The molecule has 0 bridgehead atoms. The third-order valence-corrected chi connectivity index (χ3v) is 11.7. The predicted molar refractivity (Wildman–Crippen MR) is 242 cm³/mol. The summed E-state index contributed by atoms with van der Waals surface area (Å²) >= 11 is 0. The lowest BCUT2D eigenvalue weighted by atomic mass is 9.98. The number of hydrogen-bond acceptors (Lipinski definition) is 10. The van der Waals surface area contributed by atoms with Crippen LogP contribution in [0.2, 0.25) is 0 Å². The van der Waals surface area contributed by atoms with Crippen LogP contribution in [0.3, 0.4) is 0 Å². The first-order valence-corrected chi connectivity index (χ1v) is 24.4. The van der Waals surface area contributed by atoms with E-state index in [0.29, 0.717) is 12.8 Å². The summed E-state index contributed by atoms with van der Waals surface area (Å²) in [5, 5.41) is 75.7. The number of carbonyl (C=O) groups is 1. The van der Waals surface area contributed by atoms with Gasteiger partial charge in [0.1, 0.15) is 36.6 Å². The van der Waals surface area contributed by atoms with E-state index in [9.17, 15) is 40.5 Å². The molecule has 1 heterocycles. The van der Waals surface area contributed by atoms with Gasteiger partial charge in [-0.1, -0.05) is 172 Å². The molecule has 60 heavy (non-hydrogen) atoms. The molecule has 9 unspecified atom stereocenters. The van der Waals surface area contributed by atoms with Crippen LogP contribution in [0.1, 0.15) is 200 Å². The molecule has 11 heteroatoms. The highest BCUT2D eigenvalue weighted by atomic mass is 16.7. The normalized spacial score (nSPS) is 21.9. The standard InChI is InChI=1S/C49H91NO10/c1-3-5-7-9-11-13-15-17-18-19-20-21-22-23-25-27-29-31-33-35-37-42(53)48(58)50-40(39-59-49-47(57)46(56)45(55)43(38-51)60-49)44(54)41(52)36-34-32-30-28-26-24-16-14-12-10-8-6-4-2/h5,7,11,13,28,30,40-47,49,51-57H,3-4,6,8-10,12,14-27,29,31-39H2,1-2H3,(H,50,58)/b7-5-,13-11-,30-28+. The SMILES string of the molecule is CC/C=C\C/C=C\CCCCCCCCCCCCCCCC(O)C(=O)NC(COC1OC(CO)C(O)C(O)C1O)C(O)C(O)CCC/C=C/CCCCCCCCCC. The van der Waals surface area contributed by atoms with Crippen molar-refractivity contribution in [3.05, 3.63) is 36.5 Å². The topological polar surface area (TPSA) is 189 Å².